The number of carbonyl (C=O) groups excluding carboxylic acids is 4. The fraction of sp³-hybridized carbons (Fsp3) is 0.943. The van der Waals surface area contributed by atoms with Gasteiger partial charge in [-0.3, -0.25) is 37.3 Å². The monoisotopic (exact) mass is 1310 g/mol. The molecule has 0 fully saturated rings. The highest BCUT2D eigenvalue weighted by atomic mass is 31.2. The predicted molar refractivity (Wildman–Crippen MR) is 358 cm³/mol. The van der Waals surface area contributed by atoms with Crippen LogP contribution in [0.5, 0.6) is 0 Å². The van der Waals surface area contributed by atoms with Crippen molar-refractivity contribution < 1.29 is 80.2 Å². The minimum atomic E-state index is -4.95. The van der Waals surface area contributed by atoms with Gasteiger partial charge in [0.15, 0.2) is 12.2 Å². The van der Waals surface area contributed by atoms with Crippen LogP contribution < -0.4 is 0 Å². The van der Waals surface area contributed by atoms with Crippen LogP contribution in [-0.4, -0.2) is 96.7 Å². The number of aliphatic hydroxyl groups excluding tert-OH is 1. The summed E-state index contributed by atoms with van der Waals surface area (Å²) in [5.74, 6) is 0.0459. The zero-order chi connectivity index (χ0) is 65.9. The molecule has 0 bridgehead atoms. The van der Waals surface area contributed by atoms with Gasteiger partial charge in [0.2, 0.25) is 0 Å². The maximum Gasteiger partial charge on any atom is 0.472 e. The van der Waals surface area contributed by atoms with Crippen molar-refractivity contribution in [2.24, 2.45) is 17.8 Å². The number of esters is 4. The van der Waals surface area contributed by atoms with E-state index in [4.69, 9.17) is 37.0 Å². The lowest BCUT2D eigenvalue weighted by atomic mass is 10.00. The van der Waals surface area contributed by atoms with Crippen LogP contribution in [-0.2, 0) is 65.4 Å². The lowest BCUT2D eigenvalue weighted by molar-refractivity contribution is -0.161. The van der Waals surface area contributed by atoms with Gasteiger partial charge in [-0.15, -0.1) is 0 Å². The van der Waals surface area contributed by atoms with Gasteiger partial charge in [0.05, 0.1) is 26.4 Å². The fourth-order valence-corrected chi connectivity index (χ4v) is 12.1. The molecule has 0 aromatic rings. The Kier molecular flexibility index (Phi) is 59.6. The third-order valence-electron chi connectivity index (χ3n) is 16.5. The highest BCUT2D eigenvalue weighted by Crippen LogP contribution is 2.45. The standard InChI is InChI=1S/C70H136O17P2/c1-8-10-11-12-13-14-15-16-17-18-19-20-21-22-30-39-46-53-69(74)86-65(57-80-67(72)51-44-37-29-25-23-27-34-41-48-61(3)4)59-84-88(76,77)82-55-64(71)56-83-89(78,79)85-60-66(58-81-68(73)52-45-38-33-32-36-43-50-63(7)9-2)87-70(75)54-47-40-31-26-24-28-35-42-49-62(5)6/h61-66,71H,8-60H2,1-7H3,(H,76,77)(H,78,79)/t63?,64-,65-,66-/m1/s1. The summed E-state index contributed by atoms with van der Waals surface area (Å²) in [7, 11) is -9.90. The molecule has 0 radical (unpaired) electrons. The van der Waals surface area contributed by atoms with Crippen molar-refractivity contribution in [1.82, 2.24) is 0 Å². The first-order chi connectivity index (χ1) is 42.8. The van der Waals surface area contributed by atoms with Gasteiger partial charge < -0.3 is 33.8 Å². The largest absolute Gasteiger partial charge is 0.472 e. The van der Waals surface area contributed by atoms with Crippen LogP contribution in [0.4, 0.5) is 0 Å². The van der Waals surface area contributed by atoms with E-state index in [1.807, 2.05) is 0 Å². The number of ether oxygens (including phenoxy) is 4. The number of aliphatic hydroxyl groups is 1. The molecule has 0 aliphatic heterocycles. The first-order valence-electron chi connectivity index (χ1n) is 36.4. The van der Waals surface area contributed by atoms with Crippen LogP contribution >= 0.6 is 15.6 Å². The van der Waals surface area contributed by atoms with Crippen LogP contribution in [0.25, 0.3) is 0 Å². The van der Waals surface area contributed by atoms with Gasteiger partial charge in [0.25, 0.3) is 0 Å². The quantitative estimate of drug-likeness (QED) is 0.0222. The molecule has 0 saturated heterocycles. The SMILES string of the molecule is CCCCCCCCCCCCCCCCCCCC(=O)O[C@H](COC(=O)CCCCCCCCCCC(C)C)COP(=O)(O)OC[C@@H](O)COP(=O)(O)OC[C@@H](COC(=O)CCCCCCCCC(C)CC)OC(=O)CCCCCCCCCCC(C)C. The number of hydrogen-bond acceptors (Lipinski definition) is 15. The number of hydrogen-bond donors (Lipinski definition) is 3. The summed E-state index contributed by atoms with van der Waals surface area (Å²) in [4.78, 5) is 72.5. The molecule has 3 unspecified atom stereocenters. The van der Waals surface area contributed by atoms with Crippen LogP contribution in [0.1, 0.15) is 350 Å². The average molecular weight is 1310 g/mol. The molecule has 528 valence electrons. The molecule has 0 rings (SSSR count). The molecule has 6 atom stereocenters. The Hall–Kier alpha value is -1.94. The molecule has 0 aliphatic carbocycles. The Morgan fingerprint density at radius 2 is 0.573 bits per heavy atom. The summed E-state index contributed by atoms with van der Waals surface area (Å²) in [6, 6.07) is 0. The molecule has 0 amide bonds. The van der Waals surface area contributed by atoms with Crippen molar-refractivity contribution in [2.45, 2.75) is 369 Å². The van der Waals surface area contributed by atoms with E-state index in [1.165, 1.54) is 154 Å². The number of carbonyl (C=O) groups is 4. The van der Waals surface area contributed by atoms with E-state index in [9.17, 15) is 43.2 Å². The van der Waals surface area contributed by atoms with Crippen molar-refractivity contribution in [1.29, 1.82) is 0 Å². The molecule has 0 aromatic heterocycles. The molecule has 0 spiro atoms. The molecule has 89 heavy (non-hydrogen) atoms. The average Bonchev–Trinajstić information content (AvgIpc) is 3.63. The number of unbranched alkanes of at least 4 members (excludes halogenated alkanes) is 35. The normalized spacial score (nSPS) is 14.5. The van der Waals surface area contributed by atoms with Crippen molar-refractivity contribution in [2.75, 3.05) is 39.6 Å². The van der Waals surface area contributed by atoms with E-state index in [-0.39, 0.29) is 25.7 Å². The third kappa shape index (κ3) is 63.2. The van der Waals surface area contributed by atoms with Crippen LogP contribution in [0.2, 0.25) is 0 Å². The van der Waals surface area contributed by atoms with Gasteiger partial charge in [0, 0.05) is 25.7 Å². The van der Waals surface area contributed by atoms with Gasteiger partial charge >= 0.3 is 39.5 Å². The molecule has 17 nitrogen and oxygen atoms in total. The third-order valence-corrected chi connectivity index (χ3v) is 18.4. The number of rotatable bonds is 68. The van der Waals surface area contributed by atoms with Crippen LogP contribution in [0.15, 0.2) is 0 Å². The van der Waals surface area contributed by atoms with E-state index in [0.29, 0.717) is 25.7 Å². The van der Waals surface area contributed by atoms with E-state index in [2.05, 4.69) is 48.5 Å². The van der Waals surface area contributed by atoms with Crippen molar-refractivity contribution in [3.63, 3.8) is 0 Å². The topological polar surface area (TPSA) is 237 Å². The molecule has 0 aliphatic rings. The molecule has 0 saturated carbocycles. The molecule has 3 N–H and O–H groups in total. The Bertz CT molecular complexity index is 1750. The molecule has 0 heterocycles. The maximum atomic E-state index is 13.0. The summed E-state index contributed by atoms with van der Waals surface area (Å²) in [5.41, 5.74) is 0. The first kappa shape index (κ1) is 87.1. The summed E-state index contributed by atoms with van der Waals surface area (Å²) >= 11 is 0. The van der Waals surface area contributed by atoms with Gasteiger partial charge in [0.1, 0.15) is 19.3 Å². The Balaban J connectivity index is 5.23. The highest BCUT2D eigenvalue weighted by molar-refractivity contribution is 7.47. The van der Waals surface area contributed by atoms with E-state index < -0.39 is 97.5 Å². The molecular formula is C70H136O17P2. The maximum absolute atomic E-state index is 13.0. The predicted octanol–water partition coefficient (Wildman–Crippen LogP) is 19.8. The minimum absolute atomic E-state index is 0.103. The smallest absolute Gasteiger partial charge is 0.462 e. The van der Waals surface area contributed by atoms with Gasteiger partial charge in [-0.2, -0.15) is 0 Å². The second-order valence-electron chi connectivity index (χ2n) is 26.5. The van der Waals surface area contributed by atoms with E-state index >= 15 is 0 Å². The number of phosphoric ester groups is 2. The zero-order valence-electron chi connectivity index (χ0n) is 57.9. The Labute approximate surface area is 543 Å². The minimum Gasteiger partial charge on any atom is -0.462 e. The molecule has 0 aromatic carbocycles. The summed E-state index contributed by atoms with van der Waals surface area (Å²) < 4.78 is 68.2. The Morgan fingerprint density at radius 1 is 0.326 bits per heavy atom. The fourth-order valence-electron chi connectivity index (χ4n) is 10.5. The van der Waals surface area contributed by atoms with Crippen molar-refractivity contribution in [3.8, 4) is 0 Å². The zero-order valence-corrected chi connectivity index (χ0v) is 59.7. The van der Waals surface area contributed by atoms with Gasteiger partial charge in [-0.1, -0.05) is 299 Å². The summed E-state index contributed by atoms with van der Waals surface area (Å²) in [6.45, 7) is 11.7. The van der Waals surface area contributed by atoms with Crippen molar-refractivity contribution >= 4 is 39.5 Å². The van der Waals surface area contributed by atoms with E-state index in [1.54, 1.807) is 0 Å². The van der Waals surface area contributed by atoms with Crippen molar-refractivity contribution in [3.05, 3.63) is 0 Å². The van der Waals surface area contributed by atoms with Gasteiger partial charge in [-0.05, 0) is 43.4 Å². The van der Waals surface area contributed by atoms with Crippen LogP contribution in [0, 0.1) is 17.8 Å². The van der Waals surface area contributed by atoms with E-state index in [0.717, 1.165) is 114 Å². The van der Waals surface area contributed by atoms with Crippen LogP contribution in [0.3, 0.4) is 0 Å². The lowest BCUT2D eigenvalue weighted by Gasteiger charge is -2.21. The lowest BCUT2D eigenvalue weighted by Crippen LogP contribution is -2.30. The summed E-state index contributed by atoms with van der Waals surface area (Å²) in [5, 5.41) is 10.6. The van der Waals surface area contributed by atoms with Gasteiger partial charge in [-0.25, -0.2) is 9.13 Å². The second kappa shape index (κ2) is 61.0. The second-order valence-corrected chi connectivity index (χ2v) is 29.4. The summed E-state index contributed by atoms with van der Waals surface area (Å²) in [6.07, 6.45) is 44.6. The molecule has 19 heteroatoms. The molecular weight excluding hydrogens is 1170 g/mol. The number of phosphoric acid groups is 2. The first-order valence-corrected chi connectivity index (χ1v) is 39.4. The Morgan fingerprint density at radius 3 is 0.854 bits per heavy atom. The highest BCUT2D eigenvalue weighted by Gasteiger charge is 2.30.